The van der Waals surface area contributed by atoms with E-state index in [1.807, 2.05) is 7.11 Å². The van der Waals surface area contributed by atoms with Crippen LogP contribution >= 0.6 is 0 Å². The molecular weight excluding hydrogens is 236 g/mol. The third kappa shape index (κ3) is 2.57. The Labute approximate surface area is 117 Å². The zero-order valence-electron chi connectivity index (χ0n) is 12.4. The molecule has 2 N–H and O–H groups in total. The largest absolute Gasteiger partial charge is 0.383 e. The van der Waals surface area contributed by atoms with Crippen molar-refractivity contribution < 1.29 is 4.74 Å². The quantitative estimate of drug-likeness (QED) is 0.829. The molecule has 1 heterocycles. The van der Waals surface area contributed by atoms with Crippen LogP contribution < -0.4 is 5.73 Å². The standard InChI is InChI=1S/C16H30N2O/c1-19-12-16(11-17,15-6-7-15)18-9-8-13-4-2-3-5-14(13)10-18/h13-15H,2-12,17H2,1H3. The summed E-state index contributed by atoms with van der Waals surface area (Å²) in [5, 5.41) is 0. The molecule has 1 saturated heterocycles. The lowest BCUT2D eigenvalue weighted by Crippen LogP contribution is -2.62. The van der Waals surface area contributed by atoms with Gasteiger partial charge in [0.2, 0.25) is 0 Å². The van der Waals surface area contributed by atoms with Crippen molar-refractivity contribution in [3.05, 3.63) is 0 Å². The van der Waals surface area contributed by atoms with Gasteiger partial charge in [-0.3, -0.25) is 4.90 Å². The van der Waals surface area contributed by atoms with Gasteiger partial charge in [-0.1, -0.05) is 19.3 Å². The fourth-order valence-electron chi connectivity index (χ4n) is 4.70. The molecule has 19 heavy (non-hydrogen) atoms. The maximum absolute atomic E-state index is 6.21. The maximum Gasteiger partial charge on any atom is 0.0661 e. The number of fused-ring (bicyclic) bond motifs is 1. The number of hydrogen-bond donors (Lipinski definition) is 1. The highest BCUT2D eigenvalue weighted by Gasteiger charge is 2.50. The van der Waals surface area contributed by atoms with E-state index in [2.05, 4.69) is 4.90 Å². The van der Waals surface area contributed by atoms with Crippen LogP contribution in [0.15, 0.2) is 0 Å². The van der Waals surface area contributed by atoms with E-state index in [1.165, 1.54) is 58.0 Å². The summed E-state index contributed by atoms with van der Waals surface area (Å²) in [5.41, 5.74) is 6.36. The van der Waals surface area contributed by atoms with Gasteiger partial charge in [-0.2, -0.15) is 0 Å². The van der Waals surface area contributed by atoms with Gasteiger partial charge in [0.1, 0.15) is 0 Å². The molecule has 0 bridgehead atoms. The lowest BCUT2D eigenvalue weighted by molar-refractivity contribution is -0.0436. The Hall–Kier alpha value is -0.120. The zero-order chi connectivity index (χ0) is 13.3. The minimum atomic E-state index is 0.150. The van der Waals surface area contributed by atoms with Crippen LogP contribution in [0.5, 0.6) is 0 Å². The van der Waals surface area contributed by atoms with Gasteiger partial charge in [-0.05, 0) is 50.0 Å². The number of methoxy groups -OCH3 is 1. The van der Waals surface area contributed by atoms with Crippen LogP contribution in [0, 0.1) is 17.8 Å². The van der Waals surface area contributed by atoms with Crippen LogP contribution in [-0.4, -0.2) is 43.8 Å². The van der Waals surface area contributed by atoms with E-state index in [0.717, 1.165) is 30.9 Å². The van der Waals surface area contributed by atoms with E-state index in [4.69, 9.17) is 10.5 Å². The van der Waals surface area contributed by atoms with Crippen molar-refractivity contribution in [2.24, 2.45) is 23.5 Å². The van der Waals surface area contributed by atoms with Gasteiger partial charge >= 0.3 is 0 Å². The Morgan fingerprint density at radius 3 is 2.47 bits per heavy atom. The lowest BCUT2D eigenvalue weighted by atomic mass is 9.73. The smallest absolute Gasteiger partial charge is 0.0661 e. The number of nitrogens with two attached hydrogens (primary N) is 1. The van der Waals surface area contributed by atoms with Crippen LogP contribution in [0.4, 0.5) is 0 Å². The van der Waals surface area contributed by atoms with Crippen molar-refractivity contribution in [3.63, 3.8) is 0 Å². The monoisotopic (exact) mass is 266 g/mol. The number of hydrogen-bond acceptors (Lipinski definition) is 3. The first-order chi connectivity index (χ1) is 9.30. The summed E-state index contributed by atoms with van der Waals surface area (Å²) in [6.07, 6.45) is 9.92. The Morgan fingerprint density at radius 2 is 1.84 bits per heavy atom. The molecule has 0 spiro atoms. The minimum absolute atomic E-state index is 0.150. The molecule has 3 atom stereocenters. The number of rotatable bonds is 5. The molecule has 0 aromatic rings. The Balaban J connectivity index is 1.72. The first kappa shape index (κ1) is 13.8. The molecule has 0 aromatic heterocycles. The molecule has 0 radical (unpaired) electrons. The van der Waals surface area contributed by atoms with Gasteiger partial charge in [0.05, 0.1) is 12.1 Å². The second-order valence-corrected chi connectivity index (χ2v) is 7.05. The lowest BCUT2D eigenvalue weighted by Gasteiger charge is -2.50. The van der Waals surface area contributed by atoms with Gasteiger partial charge < -0.3 is 10.5 Å². The van der Waals surface area contributed by atoms with E-state index in [0.29, 0.717) is 0 Å². The second kappa shape index (κ2) is 5.71. The minimum Gasteiger partial charge on any atom is -0.383 e. The number of nitrogens with zero attached hydrogens (tertiary/aromatic N) is 1. The topological polar surface area (TPSA) is 38.5 Å². The molecule has 3 rings (SSSR count). The Morgan fingerprint density at radius 1 is 1.11 bits per heavy atom. The maximum atomic E-state index is 6.21. The summed E-state index contributed by atoms with van der Waals surface area (Å²) < 4.78 is 5.57. The third-order valence-electron chi connectivity index (χ3n) is 6.01. The summed E-state index contributed by atoms with van der Waals surface area (Å²) in [4.78, 5) is 2.72. The number of ether oxygens (including phenoxy) is 1. The highest BCUT2D eigenvalue weighted by molar-refractivity contribution is 5.05. The number of piperidine rings is 1. The highest BCUT2D eigenvalue weighted by atomic mass is 16.5. The number of likely N-dealkylation sites (tertiary alicyclic amines) is 1. The van der Waals surface area contributed by atoms with Crippen molar-refractivity contribution in [1.29, 1.82) is 0 Å². The van der Waals surface area contributed by atoms with Crippen LogP contribution in [0.1, 0.15) is 44.9 Å². The molecule has 0 aromatic carbocycles. The van der Waals surface area contributed by atoms with Crippen molar-refractivity contribution in [3.8, 4) is 0 Å². The summed E-state index contributed by atoms with van der Waals surface area (Å²) >= 11 is 0. The molecule has 0 amide bonds. The van der Waals surface area contributed by atoms with Gasteiger partial charge in [-0.25, -0.2) is 0 Å². The summed E-state index contributed by atoms with van der Waals surface area (Å²) in [7, 11) is 1.83. The first-order valence-electron chi connectivity index (χ1n) is 8.24. The fraction of sp³-hybridized carbons (Fsp3) is 1.00. The molecular formula is C16H30N2O. The predicted octanol–water partition coefficient (Wildman–Crippen LogP) is 2.25. The Kier molecular flexibility index (Phi) is 4.16. The fourth-order valence-corrected chi connectivity index (χ4v) is 4.70. The van der Waals surface area contributed by atoms with Gasteiger partial charge in [0.15, 0.2) is 0 Å². The molecule has 1 aliphatic heterocycles. The molecule has 3 aliphatic rings. The third-order valence-corrected chi connectivity index (χ3v) is 6.01. The highest BCUT2D eigenvalue weighted by Crippen LogP contribution is 2.46. The SMILES string of the molecule is COCC(CN)(C1CC1)N1CCC2CCCCC2C1. The van der Waals surface area contributed by atoms with Gasteiger partial charge in [-0.15, -0.1) is 0 Å². The average Bonchev–Trinajstić information content (AvgIpc) is 3.29. The molecule has 3 unspecified atom stereocenters. The van der Waals surface area contributed by atoms with E-state index >= 15 is 0 Å². The second-order valence-electron chi connectivity index (χ2n) is 7.05. The van der Waals surface area contributed by atoms with Crippen LogP contribution in [0.2, 0.25) is 0 Å². The summed E-state index contributed by atoms with van der Waals surface area (Å²) in [6.45, 7) is 4.12. The van der Waals surface area contributed by atoms with Crippen molar-refractivity contribution in [1.82, 2.24) is 4.90 Å². The van der Waals surface area contributed by atoms with Crippen LogP contribution in [-0.2, 0) is 4.74 Å². The van der Waals surface area contributed by atoms with E-state index in [1.54, 1.807) is 0 Å². The summed E-state index contributed by atoms with van der Waals surface area (Å²) in [5.74, 6) is 2.73. The predicted molar refractivity (Wildman–Crippen MR) is 78.0 cm³/mol. The van der Waals surface area contributed by atoms with Gasteiger partial charge in [0, 0.05) is 20.2 Å². The molecule has 2 aliphatic carbocycles. The molecule has 2 saturated carbocycles. The van der Waals surface area contributed by atoms with Gasteiger partial charge in [0.25, 0.3) is 0 Å². The van der Waals surface area contributed by atoms with E-state index < -0.39 is 0 Å². The molecule has 3 heteroatoms. The zero-order valence-corrected chi connectivity index (χ0v) is 12.4. The van der Waals surface area contributed by atoms with E-state index in [-0.39, 0.29) is 5.54 Å². The van der Waals surface area contributed by atoms with Crippen molar-refractivity contribution >= 4 is 0 Å². The van der Waals surface area contributed by atoms with Crippen LogP contribution in [0.25, 0.3) is 0 Å². The summed E-state index contributed by atoms with van der Waals surface area (Å²) in [6, 6.07) is 0. The molecule has 3 fully saturated rings. The molecule has 110 valence electrons. The Bertz CT molecular complexity index is 305. The van der Waals surface area contributed by atoms with Crippen LogP contribution in [0.3, 0.4) is 0 Å². The van der Waals surface area contributed by atoms with Crippen molar-refractivity contribution in [2.75, 3.05) is 33.4 Å². The van der Waals surface area contributed by atoms with E-state index in [9.17, 15) is 0 Å². The normalized spacial score (nSPS) is 35.7. The van der Waals surface area contributed by atoms with Crippen molar-refractivity contribution in [2.45, 2.75) is 50.5 Å². The average molecular weight is 266 g/mol. The molecule has 3 nitrogen and oxygen atoms in total. The first-order valence-corrected chi connectivity index (χ1v) is 8.24.